The third kappa shape index (κ3) is 8.14. The number of thiazole rings is 1. The molecule has 15 nitrogen and oxygen atoms in total. The summed E-state index contributed by atoms with van der Waals surface area (Å²) in [7, 11) is 0. The highest BCUT2D eigenvalue weighted by molar-refractivity contribution is 8.01. The van der Waals surface area contributed by atoms with Crippen molar-refractivity contribution in [1.29, 1.82) is 0 Å². The fraction of sp³-hybridized carbons (Fsp3) is 0.375. The molecule has 3 amide bonds. The van der Waals surface area contributed by atoms with Crippen molar-refractivity contribution in [2.24, 2.45) is 5.16 Å². The number of hydrogen-bond acceptors (Lipinski definition) is 15. The lowest BCUT2D eigenvalue weighted by molar-refractivity contribution is -0.150. The van der Waals surface area contributed by atoms with E-state index in [1.54, 1.807) is 26.3 Å². The number of carbonyl (C=O) groups is 5. The molecule has 2 atom stereocenters. The van der Waals surface area contributed by atoms with Gasteiger partial charge >= 0.3 is 11.9 Å². The zero-order valence-electron chi connectivity index (χ0n) is 23.1. The topological polar surface area (TPSA) is 202 Å². The van der Waals surface area contributed by atoms with Crippen LogP contribution < -0.4 is 10.6 Å². The van der Waals surface area contributed by atoms with Crippen molar-refractivity contribution < 1.29 is 38.7 Å². The Balaban J connectivity index is 1.49. The summed E-state index contributed by atoms with van der Waals surface area (Å²) in [5, 5.41) is 25.7. The minimum Gasteiger partial charge on any atom is -0.477 e. The summed E-state index contributed by atoms with van der Waals surface area (Å²) < 4.78 is 5.82. The number of halogens is 1. The SMILES string of the molecule is CC(C)(C)OC(=O)C=CCON=C(C(=O)NC1C(=O)N2C(C(=O)O)=C(CSc3nncs3)CS[C@@H]12)c1nc(NC=O)sc1Cl. The number of esters is 1. The lowest BCUT2D eigenvalue weighted by atomic mass is 10.0. The predicted molar refractivity (Wildman–Crippen MR) is 165 cm³/mol. The van der Waals surface area contributed by atoms with E-state index < -0.39 is 46.5 Å². The molecule has 2 aliphatic rings. The summed E-state index contributed by atoms with van der Waals surface area (Å²) in [6.07, 6.45) is 2.84. The van der Waals surface area contributed by atoms with E-state index in [2.05, 4.69) is 31.0 Å². The molecule has 4 rings (SSSR count). The third-order valence-electron chi connectivity index (χ3n) is 5.44. The minimum atomic E-state index is -1.26. The highest BCUT2D eigenvalue weighted by Crippen LogP contribution is 2.41. The molecule has 4 heterocycles. The number of ether oxygens (including phenoxy) is 1. The number of carboxylic acid groups (broad SMARTS) is 1. The summed E-state index contributed by atoms with van der Waals surface area (Å²) in [5.41, 5.74) is 0.739. The number of aromatic nitrogens is 3. The quantitative estimate of drug-likeness (QED) is 0.0402. The van der Waals surface area contributed by atoms with E-state index in [1.165, 1.54) is 40.9 Å². The van der Waals surface area contributed by atoms with Crippen LogP contribution in [0.25, 0.3) is 0 Å². The number of thioether (sulfide) groups is 2. The highest BCUT2D eigenvalue weighted by Gasteiger charge is 2.54. The molecule has 0 radical (unpaired) electrons. The van der Waals surface area contributed by atoms with Gasteiger partial charge in [-0.25, -0.2) is 14.6 Å². The van der Waals surface area contributed by atoms with Gasteiger partial charge in [-0.3, -0.25) is 19.3 Å². The Kier molecular flexibility index (Phi) is 11.0. The molecule has 0 bridgehead atoms. The number of carbonyl (C=O) groups excluding carboxylic acids is 4. The Hall–Kier alpha value is -3.52. The van der Waals surface area contributed by atoms with E-state index >= 15 is 0 Å². The van der Waals surface area contributed by atoms with Crippen LogP contribution in [0.4, 0.5) is 5.13 Å². The molecule has 0 aliphatic carbocycles. The molecule has 0 spiro atoms. The number of aliphatic carboxylic acids is 1. The number of oxime groups is 1. The molecule has 234 valence electrons. The monoisotopic (exact) mass is 701 g/mol. The molecule has 2 aromatic heterocycles. The summed E-state index contributed by atoms with van der Waals surface area (Å²) in [4.78, 5) is 71.9. The van der Waals surface area contributed by atoms with E-state index in [-0.39, 0.29) is 27.5 Å². The van der Waals surface area contributed by atoms with Crippen LogP contribution in [-0.4, -0.2) is 96.2 Å². The van der Waals surface area contributed by atoms with Crippen molar-refractivity contribution in [3.05, 3.63) is 39.0 Å². The van der Waals surface area contributed by atoms with E-state index in [1.807, 2.05) is 0 Å². The first kappa shape index (κ1) is 33.4. The number of amides is 3. The highest BCUT2D eigenvalue weighted by atomic mass is 35.5. The average molecular weight is 702 g/mol. The van der Waals surface area contributed by atoms with Crippen molar-refractivity contribution in [3.63, 3.8) is 0 Å². The number of anilines is 1. The number of rotatable bonds is 13. The van der Waals surface area contributed by atoms with Gasteiger partial charge in [0.2, 0.25) is 6.41 Å². The summed E-state index contributed by atoms with van der Waals surface area (Å²) in [5.74, 6) is -2.78. The van der Waals surface area contributed by atoms with Crippen molar-refractivity contribution in [2.75, 3.05) is 23.4 Å². The van der Waals surface area contributed by atoms with Crippen molar-refractivity contribution in [1.82, 2.24) is 25.4 Å². The van der Waals surface area contributed by atoms with Crippen LogP contribution >= 0.6 is 57.8 Å². The van der Waals surface area contributed by atoms with Gasteiger partial charge in [-0.05, 0) is 32.4 Å². The first-order chi connectivity index (χ1) is 20.9. The number of β-lactam (4-membered cyclic amide) rings is 1. The average Bonchev–Trinajstić information content (AvgIpc) is 3.60. The van der Waals surface area contributed by atoms with Gasteiger partial charge in [0.1, 0.15) is 44.9 Å². The Morgan fingerprint density at radius 1 is 1.34 bits per heavy atom. The number of carboxylic acids is 1. The molecule has 44 heavy (non-hydrogen) atoms. The Morgan fingerprint density at radius 2 is 2.11 bits per heavy atom. The van der Waals surface area contributed by atoms with Gasteiger partial charge in [-0.1, -0.05) is 51.2 Å². The molecule has 2 aromatic rings. The first-order valence-corrected chi connectivity index (χ1v) is 16.6. The molecular weight excluding hydrogens is 678 g/mol. The van der Waals surface area contributed by atoms with Crippen LogP contribution in [-0.2, 0) is 33.5 Å². The predicted octanol–water partition coefficient (Wildman–Crippen LogP) is 2.37. The van der Waals surface area contributed by atoms with Gasteiger partial charge in [0, 0.05) is 17.6 Å². The van der Waals surface area contributed by atoms with E-state index in [0.717, 1.165) is 22.3 Å². The second-order valence-electron chi connectivity index (χ2n) is 9.69. The molecule has 0 aromatic carbocycles. The smallest absolute Gasteiger partial charge is 0.352 e. The number of nitrogens with one attached hydrogen (secondary N) is 2. The Bertz CT molecular complexity index is 1540. The van der Waals surface area contributed by atoms with Crippen LogP contribution in [0, 0.1) is 0 Å². The molecule has 1 fully saturated rings. The maximum absolute atomic E-state index is 13.4. The van der Waals surface area contributed by atoms with Crippen LogP contribution in [0.2, 0.25) is 4.34 Å². The molecular formula is C24H24ClN7O8S4. The largest absolute Gasteiger partial charge is 0.477 e. The molecule has 2 aliphatic heterocycles. The van der Waals surface area contributed by atoms with Crippen LogP contribution in [0.15, 0.2) is 38.4 Å². The van der Waals surface area contributed by atoms with Crippen molar-refractivity contribution >= 4 is 98.8 Å². The molecule has 20 heteroatoms. The summed E-state index contributed by atoms with van der Waals surface area (Å²) in [6.45, 7) is 4.90. The number of hydrogen-bond donors (Lipinski definition) is 3. The van der Waals surface area contributed by atoms with Gasteiger partial charge in [0.15, 0.2) is 15.2 Å². The lowest BCUT2D eigenvalue weighted by Gasteiger charge is -2.49. The van der Waals surface area contributed by atoms with E-state index in [9.17, 15) is 29.1 Å². The lowest BCUT2D eigenvalue weighted by Crippen LogP contribution is -2.71. The standard InChI is InChI=1S/C24H24ClN7O8S4/c1-24(2,3)40-12(34)5-4-6-39-31-14(13-17(25)44-22(29-13)26-9-33)18(35)28-15-19(36)32-16(21(37)38)11(7-41-20(15)32)8-42-23-30-27-10-43-23/h4-5,9-10,15,20H,6-8H2,1-3H3,(H,28,35)(H,37,38)(H,26,29,33)/t15?,20-/m0/s1. The van der Waals surface area contributed by atoms with Gasteiger partial charge in [0.05, 0.1) is 0 Å². The van der Waals surface area contributed by atoms with Gasteiger partial charge in [0.25, 0.3) is 11.8 Å². The Labute approximate surface area is 271 Å². The van der Waals surface area contributed by atoms with E-state index in [4.69, 9.17) is 21.2 Å². The van der Waals surface area contributed by atoms with Crippen LogP contribution in [0.5, 0.6) is 0 Å². The van der Waals surface area contributed by atoms with Gasteiger partial charge < -0.3 is 25.3 Å². The molecule has 0 saturated carbocycles. The zero-order chi connectivity index (χ0) is 32.0. The van der Waals surface area contributed by atoms with E-state index in [0.29, 0.717) is 27.8 Å². The minimum absolute atomic E-state index is 0.00146. The zero-order valence-corrected chi connectivity index (χ0v) is 27.2. The van der Waals surface area contributed by atoms with Gasteiger partial charge in [-0.15, -0.1) is 22.0 Å². The van der Waals surface area contributed by atoms with Crippen molar-refractivity contribution in [3.8, 4) is 0 Å². The fourth-order valence-corrected chi connectivity index (χ4v) is 7.73. The second kappa shape index (κ2) is 14.5. The second-order valence-corrected chi connectivity index (χ2v) is 14.4. The molecule has 1 unspecified atom stereocenters. The van der Waals surface area contributed by atoms with Crippen LogP contribution in [0.1, 0.15) is 26.5 Å². The maximum atomic E-state index is 13.4. The fourth-order valence-electron chi connectivity index (χ4n) is 3.76. The number of fused-ring (bicyclic) bond motifs is 1. The maximum Gasteiger partial charge on any atom is 0.352 e. The number of nitrogens with zero attached hydrogens (tertiary/aromatic N) is 5. The third-order valence-corrected chi connectivity index (χ3v) is 9.91. The normalized spacial score (nSPS) is 18.5. The van der Waals surface area contributed by atoms with Gasteiger partial charge in [-0.2, -0.15) is 0 Å². The Morgan fingerprint density at radius 3 is 2.77 bits per heavy atom. The van der Waals surface area contributed by atoms with Crippen LogP contribution in [0.3, 0.4) is 0 Å². The van der Waals surface area contributed by atoms with Crippen molar-refractivity contribution in [2.45, 2.75) is 42.1 Å². The molecule has 1 saturated heterocycles. The first-order valence-electron chi connectivity index (χ1n) is 12.5. The summed E-state index contributed by atoms with van der Waals surface area (Å²) in [6, 6.07) is -1.08. The summed E-state index contributed by atoms with van der Waals surface area (Å²) >= 11 is 11.1. The molecule has 3 N–H and O–H groups in total.